The first-order valence-electron chi connectivity index (χ1n) is 5.53. The predicted molar refractivity (Wildman–Crippen MR) is 80.8 cm³/mol. The summed E-state index contributed by atoms with van der Waals surface area (Å²) in [4.78, 5) is -2.89. The molecule has 3 rings (SSSR count). The first kappa shape index (κ1) is 14.7. The molecular formula is C11H9Cl7. The van der Waals surface area contributed by atoms with Gasteiger partial charge in [0.15, 0.2) is 4.33 Å². The fourth-order valence-corrected chi connectivity index (χ4v) is 7.55. The molecule has 5 unspecified atom stereocenters. The molecule has 0 nitrogen and oxygen atoms in total. The zero-order valence-corrected chi connectivity index (χ0v) is 14.5. The maximum Gasteiger partial charge on any atom is 0.166 e. The van der Waals surface area contributed by atoms with E-state index in [1.807, 2.05) is 6.92 Å². The van der Waals surface area contributed by atoms with E-state index in [9.17, 15) is 0 Å². The van der Waals surface area contributed by atoms with Gasteiger partial charge in [-0.05, 0) is 25.7 Å². The van der Waals surface area contributed by atoms with E-state index in [0.717, 1.165) is 12.8 Å². The van der Waals surface area contributed by atoms with E-state index in [0.29, 0.717) is 0 Å². The Bertz CT molecular complexity index is 468. The first-order valence-corrected chi connectivity index (χ1v) is 8.18. The van der Waals surface area contributed by atoms with Gasteiger partial charge in [-0.2, -0.15) is 0 Å². The van der Waals surface area contributed by atoms with E-state index in [1.165, 1.54) is 0 Å². The van der Waals surface area contributed by atoms with Crippen molar-refractivity contribution >= 4 is 81.2 Å². The minimum Gasteiger partial charge on any atom is -0.119 e. The summed E-state index contributed by atoms with van der Waals surface area (Å²) in [6.45, 7) is 1.92. The third-order valence-electron chi connectivity index (χ3n) is 4.68. The van der Waals surface area contributed by atoms with Gasteiger partial charge >= 0.3 is 0 Å². The molecule has 3 aliphatic carbocycles. The van der Waals surface area contributed by atoms with E-state index in [-0.39, 0.29) is 21.9 Å². The Hall–Kier alpha value is 1.77. The molecule has 5 atom stereocenters. The quantitative estimate of drug-likeness (QED) is 0.456. The molecule has 18 heavy (non-hydrogen) atoms. The van der Waals surface area contributed by atoms with Crippen LogP contribution in [0.15, 0.2) is 10.1 Å². The summed E-state index contributed by atoms with van der Waals surface area (Å²) in [5.74, 6) is -0.264. The van der Waals surface area contributed by atoms with Crippen molar-refractivity contribution in [3.05, 3.63) is 10.1 Å². The highest BCUT2D eigenvalue weighted by Crippen LogP contribution is 2.80. The van der Waals surface area contributed by atoms with E-state index in [4.69, 9.17) is 81.2 Å². The van der Waals surface area contributed by atoms with Crippen molar-refractivity contribution in [1.82, 2.24) is 0 Å². The van der Waals surface area contributed by atoms with Crippen molar-refractivity contribution in [2.75, 3.05) is 0 Å². The van der Waals surface area contributed by atoms with Gasteiger partial charge in [0.2, 0.25) is 0 Å². The summed E-state index contributed by atoms with van der Waals surface area (Å²) < 4.78 is -1.46. The minimum absolute atomic E-state index is 0.0656. The number of alkyl halides is 5. The van der Waals surface area contributed by atoms with E-state index < -0.39 is 19.0 Å². The number of rotatable bonds is 0. The van der Waals surface area contributed by atoms with Crippen molar-refractivity contribution in [1.29, 1.82) is 0 Å². The molecule has 2 bridgehead atoms. The Morgan fingerprint density at radius 3 is 2.00 bits per heavy atom. The third-order valence-corrected chi connectivity index (χ3v) is 9.41. The Kier molecular flexibility index (Phi) is 3.06. The van der Waals surface area contributed by atoms with Crippen molar-refractivity contribution in [3.63, 3.8) is 0 Å². The lowest BCUT2D eigenvalue weighted by molar-refractivity contribution is 0.339. The maximum absolute atomic E-state index is 6.70. The van der Waals surface area contributed by atoms with Gasteiger partial charge < -0.3 is 0 Å². The predicted octanol–water partition coefficient (Wildman–Crippen LogP) is 5.86. The van der Waals surface area contributed by atoms with Gasteiger partial charge in [-0.25, -0.2) is 0 Å². The normalized spacial score (nSPS) is 57.3. The third kappa shape index (κ3) is 1.23. The molecule has 0 spiro atoms. The largest absolute Gasteiger partial charge is 0.166 e. The molecule has 0 N–H and O–H groups in total. The van der Waals surface area contributed by atoms with Gasteiger partial charge in [0.25, 0.3) is 0 Å². The molecule has 0 heterocycles. The molecule has 0 saturated heterocycles. The fourth-order valence-electron chi connectivity index (χ4n) is 3.89. The molecule has 2 fully saturated rings. The van der Waals surface area contributed by atoms with Crippen molar-refractivity contribution in [3.8, 4) is 0 Å². The van der Waals surface area contributed by atoms with Gasteiger partial charge in [-0.15, -0.1) is 34.8 Å². The summed E-state index contributed by atoms with van der Waals surface area (Å²) in [6, 6.07) is 0. The number of allylic oxidation sites excluding steroid dienone is 2. The maximum atomic E-state index is 6.70. The minimum atomic E-state index is -1.46. The number of fused-ring (bicyclic) bond motifs is 5. The fraction of sp³-hybridized carbons (Fsp3) is 0.818. The number of halogens is 7. The van der Waals surface area contributed by atoms with Crippen LogP contribution in [-0.2, 0) is 0 Å². The molecule has 0 aromatic rings. The first-order chi connectivity index (χ1) is 8.03. The second-order valence-corrected chi connectivity index (χ2v) is 9.67. The Labute approximate surface area is 141 Å². The van der Waals surface area contributed by atoms with Crippen LogP contribution in [0.2, 0.25) is 0 Å². The standard InChI is InChI=1S/C11H9Cl7/c1-8(14)3-2-4-5(8)10(16)7(13)6(12)9(4,15)11(10,17)18/h4-5H,2-3H2,1H3. The Morgan fingerprint density at radius 1 is 0.944 bits per heavy atom. The molecule has 0 radical (unpaired) electrons. The second-order valence-electron chi connectivity index (χ2n) is 5.53. The van der Waals surface area contributed by atoms with E-state index in [2.05, 4.69) is 0 Å². The second kappa shape index (κ2) is 3.75. The summed E-state index contributed by atoms with van der Waals surface area (Å²) in [6.07, 6.45) is 1.56. The van der Waals surface area contributed by atoms with Gasteiger partial charge in [0.1, 0.15) is 9.75 Å². The Balaban J connectivity index is 2.31. The molecular weight excluding hydrogens is 380 g/mol. The molecule has 3 aliphatic rings. The highest BCUT2D eigenvalue weighted by atomic mass is 35.5. The van der Waals surface area contributed by atoms with E-state index in [1.54, 1.807) is 0 Å². The average molecular weight is 389 g/mol. The van der Waals surface area contributed by atoms with Crippen LogP contribution in [0.3, 0.4) is 0 Å². The van der Waals surface area contributed by atoms with Crippen LogP contribution in [0.25, 0.3) is 0 Å². The molecule has 7 heteroatoms. The van der Waals surface area contributed by atoms with Crippen molar-refractivity contribution < 1.29 is 0 Å². The van der Waals surface area contributed by atoms with Crippen LogP contribution < -0.4 is 0 Å². The van der Waals surface area contributed by atoms with Crippen molar-refractivity contribution in [2.45, 2.75) is 38.7 Å². The van der Waals surface area contributed by atoms with Gasteiger partial charge in [-0.3, -0.25) is 0 Å². The highest BCUT2D eigenvalue weighted by molar-refractivity contribution is 6.65. The van der Waals surface area contributed by atoms with Crippen LogP contribution in [0.4, 0.5) is 0 Å². The lowest BCUT2D eigenvalue weighted by atomic mass is 9.80. The van der Waals surface area contributed by atoms with Crippen LogP contribution in [0.1, 0.15) is 19.8 Å². The average Bonchev–Trinajstić information content (AvgIpc) is 2.68. The molecule has 102 valence electrons. The van der Waals surface area contributed by atoms with Crippen LogP contribution >= 0.6 is 81.2 Å². The van der Waals surface area contributed by atoms with E-state index >= 15 is 0 Å². The topological polar surface area (TPSA) is 0 Å². The lowest BCUT2D eigenvalue weighted by Crippen LogP contribution is -2.48. The van der Waals surface area contributed by atoms with Crippen LogP contribution in [-0.4, -0.2) is 19.0 Å². The SMILES string of the molecule is CC1(Cl)CCC2C1C1(Cl)C(Cl)=C(Cl)C2(Cl)C1(Cl)Cl. The molecule has 0 aromatic carbocycles. The lowest BCUT2D eigenvalue weighted by Gasteiger charge is -2.39. The zero-order valence-electron chi connectivity index (χ0n) is 9.21. The summed E-state index contributed by atoms with van der Waals surface area (Å²) in [5.41, 5.74) is 0. The summed E-state index contributed by atoms with van der Waals surface area (Å²) in [5, 5.41) is 0.502. The summed E-state index contributed by atoms with van der Waals surface area (Å²) >= 11 is 45.4. The molecule has 0 aromatic heterocycles. The molecule has 2 saturated carbocycles. The van der Waals surface area contributed by atoms with Crippen LogP contribution in [0.5, 0.6) is 0 Å². The number of hydrogen-bond donors (Lipinski definition) is 0. The zero-order chi connectivity index (χ0) is 13.7. The smallest absolute Gasteiger partial charge is 0.119 e. The molecule has 0 amide bonds. The van der Waals surface area contributed by atoms with Gasteiger partial charge in [0.05, 0.1) is 10.1 Å². The monoisotopic (exact) mass is 386 g/mol. The Morgan fingerprint density at radius 2 is 1.44 bits per heavy atom. The van der Waals surface area contributed by atoms with Gasteiger partial charge in [0, 0.05) is 10.8 Å². The van der Waals surface area contributed by atoms with Crippen molar-refractivity contribution in [2.24, 2.45) is 11.8 Å². The highest BCUT2D eigenvalue weighted by Gasteiger charge is 2.85. The van der Waals surface area contributed by atoms with Crippen LogP contribution in [0, 0.1) is 11.8 Å². The summed E-state index contributed by atoms with van der Waals surface area (Å²) in [7, 11) is 0. The van der Waals surface area contributed by atoms with Gasteiger partial charge in [-0.1, -0.05) is 46.4 Å². The number of hydrogen-bond acceptors (Lipinski definition) is 0. The molecule has 0 aliphatic heterocycles.